The third kappa shape index (κ3) is 2.21. The van der Waals surface area contributed by atoms with Gasteiger partial charge in [-0.05, 0) is 45.4 Å². The Hall–Kier alpha value is -1.16. The van der Waals surface area contributed by atoms with Gasteiger partial charge in [0.15, 0.2) is 0 Å². The Labute approximate surface area is 107 Å². The van der Waals surface area contributed by atoms with E-state index >= 15 is 0 Å². The topological polar surface area (TPSA) is 55.0 Å². The van der Waals surface area contributed by atoms with Crippen molar-refractivity contribution in [1.29, 1.82) is 0 Å². The lowest BCUT2D eigenvalue weighted by Crippen LogP contribution is -2.21. The van der Waals surface area contributed by atoms with Gasteiger partial charge in [-0.25, -0.2) is 4.98 Å². The molecule has 1 aromatic rings. The van der Waals surface area contributed by atoms with Crippen LogP contribution >= 0.6 is 0 Å². The van der Waals surface area contributed by atoms with Crippen LogP contribution in [0.4, 0.5) is 0 Å². The molecule has 0 spiro atoms. The van der Waals surface area contributed by atoms with Crippen LogP contribution in [0.1, 0.15) is 62.2 Å². The number of hydrogen-bond donors (Lipinski definition) is 1. The quantitative estimate of drug-likeness (QED) is 0.776. The molecule has 0 saturated carbocycles. The van der Waals surface area contributed by atoms with Crippen LogP contribution in [-0.4, -0.2) is 16.1 Å². The summed E-state index contributed by atoms with van der Waals surface area (Å²) < 4.78 is 5.79. The molecule has 4 heteroatoms. The molecule has 1 N–H and O–H groups in total. The predicted molar refractivity (Wildman–Crippen MR) is 68.6 cm³/mol. The number of hydrogen-bond acceptors (Lipinski definition) is 3. The molecule has 1 saturated heterocycles. The van der Waals surface area contributed by atoms with E-state index in [2.05, 4.69) is 16.9 Å². The molecular weight excluding hydrogens is 228 g/mol. The van der Waals surface area contributed by atoms with Gasteiger partial charge in [-0.3, -0.25) is 4.79 Å². The van der Waals surface area contributed by atoms with Crippen molar-refractivity contribution in [2.45, 2.75) is 64.1 Å². The average molecular weight is 248 g/mol. The monoisotopic (exact) mass is 248 g/mol. The molecule has 0 amide bonds. The molecule has 0 bridgehead atoms. The van der Waals surface area contributed by atoms with Crippen LogP contribution in [0.15, 0.2) is 4.79 Å². The summed E-state index contributed by atoms with van der Waals surface area (Å²) >= 11 is 0. The number of aryl methyl sites for hydroxylation is 1. The Bertz CT molecular complexity index is 495. The SMILES string of the molecule is CC1CCC(c2nc3c(c(=O)[nH]2)CCCCC3)O1. The second-order valence-electron chi connectivity index (χ2n) is 5.45. The maximum absolute atomic E-state index is 12.1. The molecule has 0 radical (unpaired) electrons. The number of aromatic amines is 1. The molecule has 3 rings (SSSR count). The smallest absolute Gasteiger partial charge is 0.254 e. The number of rotatable bonds is 1. The second-order valence-corrected chi connectivity index (χ2v) is 5.45. The first-order chi connectivity index (χ1) is 8.74. The van der Waals surface area contributed by atoms with Gasteiger partial charge in [0.1, 0.15) is 11.9 Å². The zero-order valence-corrected chi connectivity index (χ0v) is 10.9. The number of nitrogens with one attached hydrogen (secondary N) is 1. The van der Waals surface area contributed by atoms with E-state index in [9.17, 15) is 4.79 Å². The van der Waals surface area contributed by atoms with Crippen molar-refractivity contribution in [2.24, 2.45) is 0 Å². The molecule has 2 aliphatic rings. The standard InChI is InChI=1S/C14H20N2O2/c1-9-7-8-12(18-9)13-15-11-6-4-2-3-5-10(11)14(17)16-13/h9,12H,2-8H2,1H3,(H,15,16,17). The first-order valence-electron chi connectivity index (χ1n) is 7.01. The van der Waals surface area contributed by atoms with E-state index in [4.69, 9.17) is 4.74 Å². The van der Waals surface area contributed by atoms with Crippen molar-refractivity contribution in [1.82, 2.24) is 9.97 Å². The normalized spacial score (nSPS) is 27.8. The summed E-state index contributed by atoms with van der Waals surface area (Å²) in [7, 11) is 0. The number of nitrogens with zero attached hydrogens (tertiary/aromatic N) is 1. The number of ether oxygens (including phenoxy) is 1. The summed E-state index contributed by atoms with van der Waals surface area (Å²) in [4.78, 5) is 19.7. The highest BCUT2D eigenvalue weighted by molar-refractivity contribution is 5.20. The highest BCUT2D eigenvalue weighted by Crippen LogP contribution is 2.30. The van der Waals surface area contributed by atoms with Crippen LogP contribution in [0, 0.1) is 0 Å². The molecule has 1 aliphatic heterocycles. The Morgan fingerprint density at radius 2 is 2.06 bits per heavy atom. The fourth-order valence-corrected chi connectivity index (χ4v) is 2.96. The number of H-pyrrole nitrogens is 1. The highest BCUT2D eigenvalue weighted by atomic mass is 16.5. The molecule has 1 aromatic heterocycles. The zero-order valence-electron chi connectivity index (χ0n) is 10.9. The van der Waals surface area contributed by atoms with Crippen molar-refractivity contribution in [2.75, 3.05) is 0 Å². The summed E-state index contributed by atoms with van der Waals surface area (Å²) in [5.74, 6) is 0.741. The van der Waals surface area contributed by atoms with Gasteiger partial charge in [-0.1, -0.05) is 6.42 Å². The molecule has 1 aliphatic carbocycles. The molecule has 1 fully saturated rings. The first kappa shape index (κ1) is 11.9. The predicted octanol–water partition coefficient (Wildman–Crippen LogP) is 2.28. The van der Waals surface area contributed by atoms with Crippen LogP contribution < -0.4 is 5.56 Å². The van der Waals surface area contributed by atoms with Gasteiger partial charge in [-0.15, -0.1) is 0 Å². The maximum Gasteiger partial charge on any atom is 0.254 e. The third-order valence-corrected chi connectivity index (χ3v) is 4.00. The Morgan fingerprint density at radius 1 is 1.22 bits per heavy atom. The minimum absolute atomic E-state index is 0.0127. The molecule has 4 nitrogen and oxygen atoms in total. The lowest BCUT2D eigenvalue weighted by molar-refractivity contribution is 0.0499. The van der Waals surface area contributed by atoms with Crippen molar-refractivity contribution >= 4 is 0 Å². The van der Waals surface area contributed by atoms with Crippen LogP contribution in [0.2, 0.25) is 0 Å². The van der Waals surface area contributed by atoms with Gasteiger partial charge in [-0.2, -0.15) is 0 Å². The van der Waals surface area contributed by atoms with E-state index in [0.29, 0.717) is 0 Å². The van der Waals surface area contributed by atoms with Gasteiger partial charge in [0, 0.05) is 5.56 Å². The fraction of sp³-hybridized carbons (Fsp3) is 0.714. The van der Waals surface area contributed by atoms with Gasteiger partial charge in [0.05, 0.1) is 11.8 Å². The second kappa shape index (κ2) is 4.84. The van der Waals surface area contributed by atoms with Gasteiger partial charge < -0.3 is 9.72 Å². The van der Waals surface area contributed by atoms with Crippen molar-refractivity contribution in [3.8, 4) is 0 Å². The summed E-state index contributed by atoms with van der Waals surface area (Å²) in [5, 5.41) is 0. The van der Waals surface area contributed by atoms with E-state index in [-0.39, 0.29) is 17.8 Å². The van der Waals surface area contributed by atoms with Gasteiger partial charge in [0.2, 0.25) is 0 Å². The fourth-order valence-electron chi connectivity index (χ4n) is 2.96. The van der Waals surface area contributed by atoms with E-state index in [1.807, 2.05) is 0 Å². The lowest BCUT2D eigenvalue weighted by Gasteiger charge is -2.13. The molecule has 2 heterocycles. The molecule has 2 atom stereocenters. The summed E-state index contributed by atoms with van der Waals surface area (Å²) in [6, 6.07) is 0. The Kier molecular flexibility index (Phi) is 3.20. The number of fused-ring (bicyclic) bond motifs is 1. The minimum Gasteiger partial charge on any atom is -0.367 e. The molecule has 98 valence electrons. The average Bonchev–Trinajstić information content (AvgIpc) is 2.63. The maximum atomic E-state index is 12.1. The molecule has 18 heavy (non-hydrogen) atoms. The largest absolute Gasteiger partial charge is 0.367 e. The highest BCUT2D eigenvalue weighted by Gasteiger charge is 2.26. The third-order valence-electron chi connectivity index (χ3n) is 4.00. The molecule has 0 aromatic carbocycles. The van der Waals surface area contributed by atoms with Crippen molar-refractivity contribution in [3.63, 3.8) is 0 Å². The van der Waals surface area contributed by atoms with E-state index in [0.717, 1.165) is 55.6 Å². The number of aromatic nitrogens is 2. The Balaban J connectivity index is 1.95. The first-order valence-corrected chi connectivity index (χ1v) is 7.01. The van der Waals surface area contributed by atoms with Gasteiger partial charge in [0.25, 0.3) is 5.56 Å². The Morgan fingerprint density at radius 3 is 2.83 bits per heavy atom. The zero-order chi connectivity index (χ0) is 12.5. The summed E-state index contributed by atoms with van der Waals surface area (Å²) in [5.41, 5.74) is 1.97. The van der Waals surface area contributed by atoms with Crippen molar-refractivity contribution in [3.05, 3.63) is 27.4 Å². The minimum atomic E-state index is -0.0127. The molecule has 2 unspecified atom stereocenters. The van der Waals surface area contributed by atoms with Crippen LogP contribution in [0.25, 0.3) is 0 Å². The van der Waals surface area contributed by atoms with Gasteiger partial charge >= 0.3 is 0 Å². The van der Waals surface area contributed by atoms with Crippen LogP contribution in [0.3, 0.4) is 0 Å². The molecular formula is C14H20N2O2. The van der Waals surface area contributed by atoms with Crippen molar-refractivity contribution < 1.29 is 4.74 Å². The lowest BCUT2D eigenvalue weighted by atomic mass is 10.1. The summed E-state index contributed by atoms with van der Waals surface area (Å²) in [6.07, 6.45) is 7.53. The van der Waals surface area contributed by atoms with Crippen LogP contribution in [-0.2, 0) is 17.6 Å². The van der Waals surface area contributed by atoms with Crippen LogP contribution in [0.5, 0.6) is 0 Å². The summed E-state index contributed by atoms with van der Waals surface area (Å²) in [6.45, 7) is 2.07. The van der Waals surface area contributed by atoms with E-state index in [1.54, 1.807) is 0 Å². The van der Waals surface area contributed by atoms with E-state index < -0.39 is 0 Å². The van der Waals surface area contributed by atoms with E-state index in [1.165, 1.54) is 6.42 Å².